The van der Waals surface area contributed by atoms with Crippen LogP contribution in [0.4, 0.5) is 4.39 Å². The second kappa shape index (κ2) is 6.84. The Balaban J connectivity index is 2.29. The largest absolute Gasteiger partial charge is 0.310 e. The van der Waals surface area contributed by atoms with Gasteiger partial charge in [0.2, 0.25) is 0 Å². The maximum atomic E-state index is 13.6. The summed E-state index contributed by atoms with van der Waals surface area (Å²) in [7, 11) is 0. The SMILES string of the molecule is CCNC(Cc1sccc1Br)c1cccc(F)c1Cl. The molecule has 1 unspecified atom stereocenters. The minimum absolute atomic E-state index is 0.0168. The van der Waals surface area contributed by atoms with Crippen LogP contribution in [0.5, 0.6) is 0 Å². The van der Waals surface area contributed by atoms with Gasteiger partial charge in [-0.1, -0.05) is 30.7 Å². The van der Waals surface area contributed by atoms with Gasteiger partial charge in [-0.2, -0.15) is 0 Å². The van der Waals surface area contributed by atoms with E-state index in [1.165, 1.54) is 10.9 Å². The third-order valence-electron chi connectivity index (χ3n) is 2.89. The number of benzene rings is 1. The summed E-state index contributed by atoms with van der Waals surface area (Å²) in [5.74, 6) is -0.368. The van der Waals surface area contributed by atoms with Gasteiger partial charge in [-0.3, -0.25) is 0 Å². The lowest BCUT2D eigenvalue weighted by atomic mass is 10.0. The van der Waals surface area contributed by atoms with Crippen molar-refractivity contribution >= 4 is 38.9 Å². The quantitative estimate of drug-likeness (QED) is 0.771. The second-order valence-corrected chi connectivity index (χ2v) is 6.38. The van der Waals surface area contributed by atoms with E-state index in [1.54, 1.807) is 17.4 Å². The Hall–Kier alpha value is -0.420. The number of thiophene rings is 1. The van der Waals surface area contributed by atoms with E-state index >= 15 is 0 Å². The predicted octanol–water partition coefficient (Wildman–Crippen LogP) is 5.20. The minimum atomic E-state index is -0.368. The zero-order valence-corrected chi connectivity index (χ0v) is 13.6. The molecule has 2 aromatic rings. The first-order valence-corrected chi connectivity index (χ1v) is 8.07. The Morgan fingerprint density at radius 1 is 1.42 bits per heavy atom. The van der Waals surface area contributed by atoms with E-state index in [0.29, 0.717) is 0 Å². The van der Waals surface area contributed by atoms with Crippen LogP contribution < -0.4 is 5.32 Å². The molecule has 0 saturated carbocycles. The van der Waals surface area contributed by atoms with Gasteiger partial charge in [-0.25, -0.2) is 4.39 Å². The first-order valence-electron chi connectivity index (χ1n) is 6.02. The van der Waals surface area contributed by atoms with Crippen LogP contribution in [0.15, 0.2) is 34.1 Å². The first-order chi connectivity index (χ1) is 9.13. The van der Waals surface area contributed by atoms with E-state index in [4.69, 9.17) is 11.6 Å². The molecule has 19 heavy (non-hydrogen) atoms. The van der Waals surface area contributed by atoms with Crippen molar-refractivity contribution < 1.29 is 4.39 Å². The predicted molar refractivity (Wildman–Crippen MR) is 83.6 cm³/mol. The molecule has 0 fully saturated rings. The molecule has 1 heterocycles. The fourth-order valence-electron chi connectivity index (χ4n) is 1.98. The standard InChI is InChI=1S/C14H14BrClFNS/c1-2-18-12(8-13-10(15)6-7-19-13)9-4-3-5-11(17)14(9)16/h3-7,12,18H,2,8H2,1H3. The van der Waals surface area contributed by atoms with Crippen LogP contribution in [0.25, 0.3) is 0 Å². The first kappa shape index (κ1) is 15.0. The number of hydrogen-bond acceptors (Lipinski definition) is 2. The van der Waals surface area contributed by atoms with Crippen molar-refractivity contribution in [1.82, 2.24) is 5.32 Å². The molecule has 102 valence electrons. The number of likely N-dealkylation sites (N-methyl/N-ethyl adjacent to an activating group) is 1. The van der Waals surface area contributed by atoms with Crippen LogP contribution in [0.1, 0.15) is 23.4 Å². The second-order valence-electron chi connectivity index (χ2n) is 4.15. The van der Waals surface area contributed by atoms with E-state index in [9.17, 15) is 4.39 Å². The van der Waals surface area contributed by atoms with Crippen LogP contribution in [0.3, 0.4) is 0 Å². The van der Waals surface area contributed by atoms with Crippen molar-refractivity contribution in [2.45, 2.75) is 19.4 Å². The topological polar surface area (TPSA) is 12.0 Å². The van der Waals surface area contributed by atoms with Crippen molar-refractivity contribution in [3.05, 3.63) is 55.4 Å². The van der Waals surface area contributed by atoms with Gasteiger partial charge >= 0.3 is 0 Å². The van der Waals surface area contributed by atoms with Gasteiger partial charge in [-0.05, 0) is 45.6 Å². The normalized spacial score (nSPS) is 12.6. The fourth-order valence-corrected chi connectivity index (χ4v) is 3.80. The number of halogens is 3. The molecule has 1 atom stereocenters. The zero-order valence-electron chi connectivity index (χ0n) is 10.4. The molecule has 2 rings (SSSR count). The van der Waals surface area contributed by atoms with E-state index < -0.39 is 0 Å². The molecule has 5 heteroatoms. The average Bonchev–Trinajstić information content (AvgIpc) is 2.78. The summed E-state index contributed by atoms with van der Waals surface area (Å²) < 4.78 is 14.7. The molecule has 0 bridgehead atoms. The maximum Gasteiger partial charge on any atom is 0.142 e. The Morgan fingerprint density at radius 2 is 2.21 bits per heavy atom. The molecule has 0 aliphatic carbocycles. The number of hydrogen-bond donors (Lipinski definition) is 1. The summed E-state index contributed by atoms with van der Waals surface area (Å²) >= 11 is 11.3. The molecule has 0 aliphatic heterocycles. The Kier molecular flexibility index (Phi) is 5.39. The zero-order chi connectivity index (χ0) is 13.8. The lowest BCUT2D eigenvalue weighted by molar-refractivity contribution is 0.545. The van der Waals surface area contributed by atoms with Gasteiger partial charge in [0.05, 0.1) is 5.02 Å². The highest BCUT2D eigenvalue weighted by Gasteiger charge is 2.18. The highest BCUT2D eigenvalue weighted by Crippen LogP contribution is 2.32. The molecule has 1 nitrogen and oxygen atoms in total. The molecule has 1 aromatic heterocycles. The van der Waals surface area contributed by atoms with Gasteiger partial charge in [0.15, 0.2) is 0 Å². The summed E-state index contributed by atoms with van der Waals surface area (Å²) in [6, 6.07) is 7.00. The summed E-state index contributed by atoms with van der Waals surface area (Å²) in [6.45, 7) is 2.84. The van der Waals surface area contributed by atoms with Crippen molar-refractivity contribution in [3.63, 3.8) is 0 Å². The van der Waals surface area contributed by atoms with Gasteiger partial charge in [0.1, 0.15) is 5.82 Å². The maximum absolute atomic E-state index is 13.6. The Bertz CT molecular complexity index is 558. The molecule has 0 radical (unpaired) electrons. The van der Waals surface area contributed by atoms with Crippen molar-refractivity contribution in [2.24, 2.45) is 0 Å². The van der Waals surface area contributed by atoms with Crippen LogP contribution in [0, 0.1) is 5.82 Å². The Labute approximate surface area is 129 Å². The summed E-state index contributed by atoms with van der Waals surface area (Å²) in [5.41, 5.74) is 0.809. The van der Waals surface area contributed by atoms with Crippen LogP contribution in [0.2, 0.25) is 5.02 Å². The number of rotatable bonds is 5. The lowest BCUT2D eigenvalue weighted by Crippen LogP contribution is -2.23. The van der Waals surface area contributed by atoms with Gasteiger partial charge in [0, 0.05) is 21.8 Å². The molecular formula is C14H14BrClFNS. The molecule has 0 aliphatic rings. The smallest absolute Gasteiger partial charge is 0.142 e. The third kappa shape index (κ3) is 3.57. The van der Waals surface area contributed by atoms with Gasteiger partial charge < -0.3 is 5.32 Å². The molecule has 1 aromatic carbocycles. The van der Waals surface area contributed by atoms with Gasteiger partial charge in [0.25, 0.3) is 0 Å². The van der Waals surface area contributed by atoms with Crippen molar-refractivity contribution in [3.8, 4) is 0 Å². The highest BCUT2D eigenvalue weighted by molar-refractivity contribution is 9.10. The van der Waals surface area contributed by atoms with E-state index in [2.05, 4.69) is 21.2 Å². The monoisotopic (exact) mass is 361 g/mol. The lowest BCUT2D eigenvalue weighted by Gasteiger charge is -2.19. The third-order valence-corrected chi connectivity index (χ3v) is 5.24. The van der Waals surface area contributed by atoms with E-state index in [1.807, 2.05) is 24.4 Å². The molecule has 0 saturated heterocycles. The van der Waals surface area contributed by atoms with Crippen LogP contribution >= 0.6 is 38.9 Å². The molecule has 0 amide bonds. The summed E-state index contributed by atoms with van der Waals surface area (Å²) in [5, 5.41) is 5.61. The molecule has 0 spiro atoms. The fraction of sp³-hybridized carbons (Fsp3) is 0.286. The summed E-state index contributed by atoms with van der Waals surface area (Å²) in [6.07, 6.45) is 0.787. The average molecular weight is 363 g/mol. The van der Waals surface area contributed by atoms with Gasteiger partial charge in [-0.15, -0.1) is 11.3 Å². The van der Waals surface area contributed by atoms with Crippen molar-refractivity contribution in [1.29, 1.82) is 0 Å². The van der Waals surface area contributed by atoms with E-state index in [-0.39, 0.29) is 16.9 Å². The minimum Gasteiger partial charge on any atom is -0.310 e. The Morgan fingerprint density at radius 3 is 2.84 bits per heavy atom. The number of nitrogens with one attached hydrogen (secondary N) is 1. The molecule has 1 N–H and O–H groups in total. The van der Waals surface area contributed by atoms with E-state index in [0.717, 1.165) is 23.0 Å². The van der Waals surface area contributed by atoms with Crippen molar-refractivity contribution in [2.75, 3.05) is 6.54 Å². The van der Waals surface area contributed by atoms with Crippen LogP contribution in [-0.2, 0) is 6.42 Å². The molecular weight excluding hydrogens is 349 g/mol. The highest BCUT2D eigenvalue weighted by atomic mass is 79.9. The van der Waals surface area contributed by atoms with Crippen LogP contribution in [-0.4, -0.2) is 6.54 Å². The summed E-state index contributed by atoms with van der Waals surface area (Å²) in [4.78, 5) is 1.23.